The third-order valence-electron chi connectivity index (χ3n) is 5.07. The smallest absolute Gasteiger partial charge is 0.238 e. The molecule has 6 heteroatoms. The van der Waals surface area contributed by atoms with Gasteiger partial charge in [0.05, 0.1) is 6.54 Å². The Morgan fingerprint density at radius 2 is 1.64 bits per heavy atom. The van der Waals surface area contributed by atoms with Crippen LogP contribution in [-0.4, -0.2) is 54.3 Å². The Bertz CT molecular complexity index is 787. The topological polar surface area (TPSA) is 52.7 Å². The molecule has 1 aliphatic rings. The van der Waals surface area contributed by atoms with Crippen LogP contribution in [0.2, 0.25) is 0 Å². The molecule has 0 saturated carbocycles. The van der Waals surface area contributed by atoms with Gasteiger partial charge in [-0.1, -0.05) is 37.3 Å². The lowest BCUT2D eigenvalue weighted by Gasteiger charge is -2.34. The van der Waals surface area contributed by atoms with Crippen molar-refractivity contribution in [3.8, 4) is 0 Å². The minimum absolute atomic E-state index is 0.135. The van der Waals surface area contributed by atoms with Crippen molar-refractivity contribution in [2.75, 3.05) is 38.0 Å². The molecule has 1 fully saturated rings. The van der Waals surface area contributed by atoms with Gasteiger partial charge in [0.2, 0.25) is 11.8 Å². The number of piperazine rings is 1. The summed E-state index contributed by atoms with van der Waals surface area (Å²) in [4.78, 5) is 28.6. The molecule has 148 valence electrons. The summed E-state index contributed by atoms with van der Waals surface area (Å²) >= 11 is 0. The van der Waals surface area contributed by atoms with E-state index < -0.39 is 0 Å². The first-order valence-corrected chi connectivity index (χ1v) is 9.62. The minimum atomic E-state index is -0.333. The Labute approximate surface area is 165 Å². The van der Waals surface area contributed by atoms with Gasteiger partial charge in [0.1, 0.15) is 5.82 Å². The van der Waals surface area contributed by atoms with E-state index in [4.69, 9.17) is 0 Å². The van der Waals surface area contributed by atoms with Crippen molar-refractivity contribution >= 4 is 17.5 Å². The number of halogens is 1. The molecule has 1 aliphatic heterocycles. The van der Waals surface area contributed by atoms with E-state index in [1.807, 2.05) is 28.0 Å². The number of carbonyl (C=O) groups is 2. The summed E-state index contributed by atoms with van der Waals surface area (Å²) in [6, 6.07) is 15.8. The molecular weight excluding hydrogens is 357 g/mol. The second-order valence-electron chi connectivity index (χ2n) is 7.23. The molecule has 0 aliphatic carbocycles. The van der Waals surface area contributed by atoms with Crippen LogP contribution in [-0.2, 0) is 9.59 Å². The van der Waals surface area contributed by atoms with Gasteiger partial charge in [-0.05, 0) is 35.7 Å². The van der Waals surface area contributed by atoms with Crippen molar-refractivity contribution < 1.29 is 14.0 Å². The van der Waals surface area contributed by atoms with Crippen LogP contribution in [0.5, 0.6) is 0 Å². The van der Waals surface area contributed by atoms with Crippen LogP contribution in [0.15, 0.2) is 54.6 Å². The van der Waals surface area contributed by atoms with E-state index in [-0.39, 0.29) is 30.1 Å². The molecule has 5 nitrogen and oxygen atoms in total. The average Bonchev–Trinajstić information content (AvgIpc) is 2.71. The highest BCUT2D eigenvalue weighted by Crippen LogP contribution is 2.20. The molecule has 1 heterocycles. The third-order valence-corrected chi connectivity index (χ3v) is 5.07. The maximum Gasteiger partial charge on any atom is 0.238 e. The second-order valence-corrected chi connectivity index (χ2v) is 7.23. The quantitative estimate of drug-likeness (QED) is 0.834. The fourth-order valence-electron chi connectivity index (χ4n) is 3.38. The number of amides is 2. The second kappa shape index (κ2) is 9.46. The van der Waals surface area contributed by atoms with Crippen LogP contribution in [0, 0.1) is 5.82 Å². The highest BCUT2D eigenvalue weighted by molar-refractivity contribution is 5.92. The highest BCUT2D eigenvalue weighted by atomic mass is 19.1. The van der Waals surface area contributed by atoms with Crippen molar-refractivity contribution in [1.82, 2.24) is 9.80 Å². The Morgan fingerprint density at radius 1 is 1.00 bits per heavy atom. The summed E-state index contributed by atoms with van der Waals surface area (Å²) in [6.45, 7) is 4.93. The molecule has 1 atom stereocenters. The van der Waals surface area contributed by atoms with Gasteiger partial charge in [0.25, 0.3) is 0 Å². The first-order chi connectivity index (χ1) is 13.5. The Morgan fingerprint density at radius 3 is 2.29 bits per heavy atom. The zero-order valence-corrected chi connectivity index (χ0v) is 16.1. The Balaban J connectivity index is 1.41. The summed E-state index contributed by atoms with van der Waals surface area (Å²) in [7, 11) is 0. The molecule has 2 aromatic rings. The van der Waals surface area contributed by atoms with Gasteiger partial charge in [-0.15, -0.1) is 0 Å². The van der Waals surface area contributed by atoms with E-state index in [1.165, 1.54) is 29.8 Å². The standard InChI is InChI=1S/C22H26FN3O2/c1-17(18-5-3-2-4-6-18)15-22(28)26-13-11-25(12-14-26)16-21(27)24-20-9-7-19(23)8-10-20/h2-10,17H,11-16H2,1H3,(H,24,27)/t17-/m1/s1. The van der Waals surface area contributed by atoms with Crippen molar-refractivity contribution in [2.45, 2.75) is 19.3 Å². The van der Waals surface area contributed by atoms with Gasteiger partial charge in [-0.25, -0.2) is 4.39 Å². The zero-order valence-electron chi connectivity index (χ0n) is 16.1. The minimum Gasteiger partial charge on any atom is -0.340 e. The van der Waals surface area contributed by atoms with Gasteiger partial charge in [-0.3, -0.25) is 14.5 Å². The Hall–Kier alpha value is -2.73. The molecule has 2 amide bonds. The fourth-order valence-corrected chi connectivity index (χ4v) is 3.38. The number of rotatable bonds is 6. The number of anilines is 1. The summed E-state index contributed by atoms with van der Waals surface area (Å²) in [5.41, 5.74) is 1.75. The van der Waals surface area contributed by atoms with Crippen molar-refractivity contribution in [1.29, 1.82) is 0 Å². The number of benzene rings is 2. The summed E-state index contributed by atoms with van der Waals surface area (Å²) in [5.74, 6) is -0.121. The number of carbonyl (C=O) groups excluding carboxylic acids is 2. The van der Waals surface area contributed by atoms with Gasteiger partial charge in [0, 0.05) is 38.3 Å². The summed E-state index contributed by atoms with van der Waals surface area (Å²) < 4.78 is 12.9. The van der Waals surface area contributed by atoms with Gasteiger partial charge < -0.3 is 10.2 Å². The van der Waals surface area contributed by atoms with Crippen LogP contribution in [0.3, 0.4) is 0 Å². The SMILES string of the molecule is C[C@H](CC(=O)N1CCN(CC(=O)Nc2ccc(F)cc2)CC1)c1ccccc1. The fraction of sp³-hybridized carbons (Fsp3) is 0.364. The average molecular weight is 383 g/mol. The van der Waals surface area contributed by atoms with E-state index >= 15 is 0 Å². The molecule has 0 radical (unpaired) electrons. The molecule has 28 heavy (non-hydrogen) atoms. The lowest BCUT2D eigenvalue weighted by Crippen LogP contribution is -2.50. The van der Waals surface area contributed by atoms with Crippen molar-refractivity contribution in [2.24, 2.45) is 0 Å². The predicted molar refractivity (Wildman–Crippen MR) is 108 cm³/mol. The van der Waals surface area contributed by atoms with E-state index in [2.05, 4.69) is 24.4 Å². The van der Waals surface area contributed by atoms with E-state index in [9.17, 15) is 14.0 Å². The normalized spacial score (nSPS) is 15.9. The summed E-state index contributed by atoms with van der Waals surface area (Å²) in [6.07, 6.45) is 0.495. The molecule has 0 spiro atoms. The van der Waals surface area contributed by atoms with E-state index in [1.54, 1.807) is 0 Å². The zero-order chi connectivity index (χ0) is 19.9. The molecule has 3 rings (SSSR count). The molecule has 0 bridgehead atoms. The van der Waals surface area contributed by atoms with E-state index in [0.29, 0.717) is 38.3 Å². The highest BCUT2D eigenvalue weighted by Gasteiger charge is 2.23. The first kappa shape index (κ1) is 20.0. The number of nitrogens with one attached hydrogen (secondary N) is 1. The lowest BCUT2D eigenvalue weighted by atomic mass is 9.97. The largest absolute Gasteiger partial charge is 0.340 e. The summed E-state index contributed by atoms with van der Waals surface area (Å²) in [5, 5.41) is 2.77. The maximum absolute atomic E-state index is 12.9. The van der Waals surface area contributed by atoms with Crippen LogP contribution >= 0.6 is 0 Å². The van der Waals surface area contributed by atoms with E-state index in [0.717, 1.165) is 0 Å². The van der Waals surface area contributed by atoms with Gasteiger partial charge >= 0.3 is 0 Å². The molecule has 0 aromatic heterocycles. The molecule has 1 N–H and O–H groups in total. The van der Waals surface area contributed by atoms with Crippen LogP contribution in [0.1, 0.15) is 24.8 Å². The number of hydrogen-bond donors (Lipinski definition) is 1. The molecular formula is C22H26FN3O2. The van der Waals surface area contributed by atoms with Crippen molar-refractivity contribution in [3.05, 3.63) is 66.0 Å². The van der Waals surface area contributed by atoms with Crippen LogP contribution < -0.4 is 5.32 Å². The van der Waals surface area contributed by atoms with Gasteiger partial charge in [0.15, 0.2) is 0 Å². The van der Waals surface area contributed by atoms with Crippen molar-refractivity contribution in [3.63, 3.8) is 0 Å². The maximum atomic E-state index is 12.9. The van der Waals surface area contributed by atoms with Crippen LogP contribution in [0.4, 0.5) is 10.1 Å². The molecule has 1 saturated heterocycles. The van der Waals surface area contributed by atoms with Gasteiger partial charge in [-0.2, -0.15) is 0 Å². The molecule has 2 aromatic carbocycles. The first-order valence-electron chi connectivity index (χ1n) is 9.62. The molecule has 0 unspecified atom stereocenters. The van der Waals surface area contributed by atoms with Crippen LogP contribution in [0.25, 0.3) is 0 Å². The third kappa shape index (κ3) is 5.63. The monoisotopic (exact) mass is 383 g/mol. The lowest BCUT2D eigenvalue weighted by molar-refractivity contribution is -0.133. The number of hydrogen-bond acceptors (Lipinski definition) is 3. The Kier molecular flexibility index (Phi) is 6.76. The number of nitrogens with zero attached hydrogens (tertiary/aromatic N) is 2. The predicted octanol–water partition coefficient (Wildman–Crippen LogP) is 3.10.